The number of rotatable bonds is 5. The third-order valence-electron chi connectivity index (χ3n) is 5.21. The van der Waals surface area contributed by atoms with E-state index >= 15 is 0 Å². The van der Waals surface area contributed by atoms with Crippen molar-refractivity contribution in [2.45, 2.75) is 69.7 Å². The highest BCUT2D eigenvalue weighted by Gasteiger charge is 2.26. The normalized spacial score (nSPS) is 15.6. The summed E-state index contributed by atoms with van der Waals surface area (Å²) in [6.45, 7) is 7.33. The van der Waals surface area contributed by atoms with E-state index in [-0.39, 0.29) is 4.34 Å². The lowest BCUT2D eigenvalue weighted by Gasteiger charge is -2.20. The number of thiazole rings is 1. The SMILES string of the molecule is CCc1c(Br)c2c(c(NC(=O)N=S(N)(=O)c3ncc(C(C)(C)O)s3)c1CC)CCC2. The number of halogens is 1. The maximum absolute atomic E-state index is 12.9. The number of urea groups is 1. The molecule has 1 aromatic heterocycles. The predicted molar refractivity (Wildman–Crippen MR) is 124 cm³/mol. The maximum atomic E-state index is 12.9. The molecule has 3 rings (SSSR count). The molecule has 1 aliphatic rings. The zero-order valence-electron chi connectivity index (χ0n) is 17.5. The van der Waals surface area contributed by atoms with Gasteiger partial charge in [0.2, 0.25) is 4.34 Å². The van der Waals surface area contributed by atoms with E-state index in [9.17, 15) is 14.1 Å². The maximum Gasteiger partial charge on any atom is 0.354 e. The molecule has 0 saturated heterocycles. The van der Waals surface area contributed by atoms with Gasteiger partial charge in [-0.15, -0.1) is 15.7 Å². The summed E-state index contributed by atoms with van der Waals surface area (Å²) >= 11 is 4.74. The summed E-state index contributed by atoms with van der Waals surface area (Å²) < 4.78 is 17.8. The molecule has 2 amide bonds. The molecule has 0 aliphatic heterocycles. The van der Waals surface area contributed by atoms with E-state index in [4.69, 9.17) is 5.14 Å². The first-order valence-electron chi connectivity index (χ1n) is 9.89. The molecule has 1 aromatic carbocycles. The molecule has 1 aliphatic carbocycles. The number of amides is 2. The Morgan fingerprint density at radius 1 is 1.33 bits per heavy atom. The van der Waals surface area contributed by atoms with Crippen molar-refractivity contribution in [3.63, 3.8) is 0 Å². The molecule has 0 bridgehead atoms. The summed E-state index contributed by atoms with van der Waals surface area (Å²) in [5, 5.41) is 18.8. The van der Waals surface area contributed by atoms with Crippen LogP contribution in [0.3, 0.4) is 0 Å². The first kappa shape index (κ1) is 23.3. The molecule has 10 heteroatoms. The Bertz CT molecular complexity index is 1110. The summed E-state index contributed by atoms with van der Waals surface area (Å²) in [7, 11) is -3.53. The van der Waals surface area contributed by atoms with Crippen LogP contribution in [-0.2, 0) is 41.2 Å². The number of hydrogen-bond donors (Lipinski definition) is 3. The number of nitrogens with two attached hydrogens (primary N) is 1. The molecule has 164 valence electrons. The van der Waals surface area contributed by atoms with E-state index < -0.39 is 21.5 Å². The molecule has 0 radical (unpaired) electrons. The van der Waals surface area contributed by atoms with Crippen molar-refractivity contribution in [3.05, 3.63) is 37.8 Å². The van der Waals surface area contributed by atoms with Gasteiger partial charge < -0.3 is 10.4 Å². The summed E-state index contributed by atoms with van der Waals surface area (Å²) in [4.78, 5) is 17.3. The second kappa shape index (κ2) is 8.66. The predicted octanol–water partition coefficient (Wildman–Crippen LogP) is 4.68. The smallest absolute Gasteiger partial charge is 0.354 e. The first-order valence-corrected chi connectivity index (χ1v) is 13.1. The van der Waals surface area contributed by atoms with Crippen LogP contribution in [0.25, 0.3) is 0 Å². The van der Waals surface area contributed by atoms with E-state index in [0.29, 0.717) is 4.88 Å². The fourth-order valence-electron chi connectivity index (χ4n) is 3.79. The number of aliphatic hydroxyl groups is 1. The number of aromatic nitrogens is 1. The largest absolute Gasteiger partial charge is 0.385 e. The Kier molecular flexibility index (Phi) is 6.74. The Labute approximate surface area is 189 Å². The lowest BCUT2D eigenvalue weighted by Crippen LogP contribution is -2.19. The second-order valence-corrected chi connectivity index (χ2v) is 11.6. The topological polar surface area (TPSA) is 118 Å². The number of carbonyl (C=O) groups excluding carboxylic acids is 1. The average Bonchev–Trinajstić information content (AvgIpc) is 3.33. The van der Waals surface area contributed by atoms with Gasteiger partial charge in [0.15, 0.2) is 9.92 Å². The van der Waals surface area contributed by atoms with Gasteiger partial charge in [0.1, 0.15) is 0 Å². The Morgan fingerprint density at radius 3 is 2.53 bits per heavy atom. The minimum atomic E-state index is -3.53. The molecule has 1 unspecified atom stereocenters. The van der Waals surface area contributed by atoms with Gasteiger partial charge in [0.05, 0.1) is 10.5 Å². The molecule has 30 heavy (non-hydrogen) atoms. The van der Waals surface area contributed by atoms with Crippen LogP contribution in [0.1, 0.15) is 61.2 Å². The van der Waals surface area contributed by atoms with Crippen molar-refractivity contribution >= 4 is 48.9 Å². The fourth-order valence-corrected chi connectivity index (χ4v) is 6.83. The lowest BCUT2D eigenvalue weighted by molar-refractivity contribution is 0.0823. The molecule has 7 nitrogen and oxygen atoms in total. The van der Waals surface area contributed by atoms with Gasteiger partial charge in [0.25, 0.3) is 0 Å². The van der Waals surface area contributed by atoms with Crippen molar-refractivity contribution in [1.82, 2.24) is 4.98 Å². The van der Waals surface area contributed by atoms with Crippen LogP contribution in [0.4, 0.5) is 10.5 Å². The summed E-state index contributed by atoms with van der Waals surface area (Å²) in [6, 6.07) is -0.754. The summed E-state index contributed by atoms with van der Waals surface area (Å²) in [5.74, 6) is 0. The van der Waals surface area contributed by atoms with Gasteiger partial charge in [0, 0.05) is 16.4 Å². The van der Waals surface area contributed by atoms with Crippen molar-refractivity contribution < 1.29 is 14.1 Å². The Balaban J connectivity index is 1.99. The van der Waals surface area contributed by atoms with Crippen molar-refractivity contribution in [2.24, 2.45) is 9.50 Å². The minimum absolute atomic E-state index is 0.0146. The van der Waals surface area contributed by atoms with Crippen LogP contribution in [-0.4, -0.2) is 20.3 Å². The van der Waals surface area contributed by atoms with Crippen molar-refractivity contribution in [3.8, 4) is 0 Å². The highest BCUT2D eigenvalue weighted by atomic mass is 79.9. The minimum Gasteiger partial charge on any atom is -0.385 e. The standard InChI is InChI=1S/C20H27BrN4O3S2/c1-5-11-12(6-2)17(14-9-7-8-13(14)16(11)21)24-18(26)25-30(22,28)19-23-10-15(29-19)20(3,4)27/h10,27H,5-9H2,1-4H3,(H3,22,24,25,26,28). The van der Waals surface area contributed by atoms with Crippen LogP contribution in [0, 0.1) is 0 Å². The average molecular weight is 515 g/mol. The quantitative estimate of drug-likeness (QED) is 0.536. The third kappa shape index (κ3) is 4.47. The summed E-state index contributed by atoms with van der Waals surface area (Å²) in [6.07, 6.45) is 5.86. The molecule has 1 heterocycles. The number of benzene rings is 1. The first-order chi connectivity index (χ1) is 14.0. The molecule has 4 N–H and O–H groups in total. The van der Waals surface area contributed by atoms with Crippen molar-refractivity contribution in [1.29, 1.82) is 0 Å². The molecule has 1 atom stereocenters. The van der Waals surface area contributed by atoms with E-state index in [1.54, 1.807) is 13.8 Å². The summed E-state index contributed by atoms with van der Waals surface area (Å²) in [5.41, 5.74) is 4.21. The molecule has 0 spiro atoms. The van der Waals surface area contributed by atoms with Crippen LogP contribution >= 0.6 is 27.3 Å². The zero-order valence-corrected chi connectivity index (χ0v) is 20.8. The highest BCUT2D eigenvalue weighted by molar-refractivity contribution is 9.10. The van der Waals surface area contributed by atoms with E-state index in [2.05, 4.69) is 44.4 Å². The second-order valence-electron chi connectivity index (χ2n) is 7.80. The molecule has 2 aromatic rings. The van der Waals surface area contributed by atoms with Crippen LogP contribution in [0.15, 0.2) is 19.4 Å². The Hall–Kier alpha value is -1.33. The number of nitrogens with zero attached hydrogens (tertiary/aromatic N) is 2. The Morgan fingerprint density at radius 2 is 1.97 bits per heavy atom. The van der Waals surface area contributed by atoms with Gasteiger partial charge in [-0.2, -0.15) is 0 Å². The lowest BCUT2D eigenvalue weighted by atomic mass is 9.94. The van der Waals surface area contributed by atoms with Gasteiger partial charge in [-0.3, -0.25) is 0 Å². The van der Waals surface area contributed by atoms with Crippen molar-refractivity contribution in [2.75, 3.05) is 5.32 Å². The monoisotopic (exact) mass is 514 g/mol. The van der Waals surface area contributed by atoms with E-state index in [1.807, 2.05) is 0 Å². The zero-order chi connectivity index (χ0) is 22.3. The van der Waals surface area contributed by atoms with E-state index in [0.717, 1.165) is 64.7 Å². The van der Waals surface area contributed by atoms with Crippen LogP contribution < -0.4 is 10.5 Å². The van der Waals surface area contributed by atoms with Crippen LogP contribution in [0.2, 0.25) is 0 Å². The van der Waals surface area contributed by atoms with Gasteiger partial charge in [-0.1, -0.05) is 29.8 Å². The van der Waals surface area contributed by atoms with Gasteiger partial charge in [-0.25, -0.2) is 19.1 Å². The van der Waals surface area contributed by atoms with E-state index in [1.165, 1.54) is 17.3 Å². The third-order valence-corrected chi connectivity index (χ3v) is 9.28. The number of hydrogen-bond acceptors (Lipinski definition) is 5. The van der Waals surface area contributed by atoms with Gasteiger partial charge in [-0.05, 0) is 68.2 Å². The number of fused-ring (bicyclic) bond motifs is 1. The van der Waals surface area contributed by atoms with Gasteiger partial charge >= 0.3 is 6.03 Å². The number of nitrogens with one attached hydrogen (secondary N) is 1. The molecule has 0 fully saturated rings. The molecular formula is C20H27BrN4O3S2. The highest BCUT2D eigenvalue weighted by Crippen LogP contribution is 2.41. The number of anilines is 1. The molecule has 0 saturated carbocycles. The number of carbonyl (C=O) groups is 1. The fraction of sp³-hybridized carbons (Fsp3) is 0.500. The van der Waals surface area contributed by atoms with Crippen LogP contribution in [0.5, 0.6) is 0 Å². The molecular weight excluding hydrogens is 488 g/mol.